The van der Waals surface area contributed by atoms with Crippen LogP contribution in [0.5, 0.6) is 11.5 Å². The van der Waals surface area contributed by atoms with Gasteiger partial charge in [-0.15, -0.1) is 11.3 Å². The number of benzene rings is 2. The Morgan fingerprint density at radius 2 is 1.93 bits per heavy atom. The number of ether oxygens (including phenoxy) is 2. The Morgan fingerprint density at radius 1 is 1.10 bits per heavy atom. The number of amides is 1. The van der Waals surface area contributed by atoms with Crippen molar-refractivity contribution < 1.29 is 14.3 Å². The largest absolute Gasteiger partial charge is 0.454 e. The fourth-order valence-electron chi connectivity index (χ4n) is 3.15. The zero-order valence-electron chi connectivity index (χ0n) is 15.4. The summed E-state index contributed by atoms with van der Waals surface area (Å²) in [5.74, 6) is 1.67. The average molecular weight is 404 g/mol. The van der Waals surface area contributed by atoms with E-state index in [0.29, 0.717) is 27.9 Å². The molecule has 2 aromatic carbocycles. The van der Waals surface area contributed by atoms with E-state index in [0.717, 1.165) is 21.7 Å². The first kappa shape index (κ1) is 17.4. The maximum Gasteiger partial charge on any atom is 0.268 e. The van der Waals surface area contributed by atoms with Crippen LogP contribution in [-0.2, 0) is 0 Å². The highest BCUT2D eigenvalue weighted by Crippen LogP contribution is 2.37. The first-order valence-electron chi connectivity index (χ1n) is 8.96. The summed E-state index contributed by atoms with van der Waals surface area (Å²) < 4.78 is 10.8. The van der Waals surface area contributed by atoms with Gasteiger partial charge in [-0.05, 0) is 24.6 Å². The quantitative estimate of drug-likeness (QED) is 0.523. The number of anilines is 1. The van der Waals surface area contributed by atoms with E-state index in [1.165, 1.54) is 11.3 Å². The van der Waals surface area contributed by atoms with E-state index in [1.807, 2.05) is 55.5 Å². The second kappa shape index (κ2) is 7.06. The summed E-state index contributed by atoms with van der Waals surface area (Å²) in [5.41, 5.74) is 3.31. The molecule has 0 atom stereocenters. The van der Waals surface area contributed by atoms with Gasteiger partial charge in [-0.3, -0.25) is 9.89 Å². The highest BCUT2D eigenvalue weighted by Gasteiger charge is 2.20. The van der Waals surface area contributed by atoms with E-state index >= 15 is 0 Å². The number of nitrogens with zero attached hydrogens (tertiary/aromatic N) is 2. The van der Waals surface area contributed by atoms with Crippen molar-refractivity contribution in [1.29, 1.82) is 0 Å². The second-order valence-corrected chi connectivity index (χ2v) is 7.48. The Labute approximate surface area is 170 Å². The third-order valence-corrected chi connectivity index (χ3v) is 5.79. The normalized spacial score (nSPS) is 12.2. The molecule has 1 aliphatic rings. The lowest BCUT2D eigenvalue weighted by Gasteiger charge is -2.06. The molecule has 0 fully saturated rings. The van der Waals surface area contributed by atoms with Crippen molar-refractivity contribution in [3.8, 4) is 33.2 Å². The predicted octanol–water partition coefficient (Wildman–Crippen LogP) is 4.49. The van der Waals surface area contributed by atoms with E-state index in [4.69, 9.17) is 9.47 Å². The molecule has 5 rings (SSSR count). The number of aromatic nitrogens is 3. The molecule has 0 unspecified atom stereocenters. The minimum atomic E-state index is -0.228. The van der Waals surface area contributed by atoms with Crippen LogP contribution in [0.1, 0.15) is 15.4 Å². The maximum atomic E-state index is 12.9. The molecule has 0 aliphatic carbocycles. The molecule has 2 aromatic heterocycles. The molecule has 0 saturated heterocycles. The molecule has 8 heteroatoms. The van der Waals surface area contributed by atoms with Crippen LogP contribution in [0.2, 0.25) is 0 Å². The van der Waals surface area contributed by atoms with Gasteiger partial charge in [0.25, 0.3) is 5.91 Å². The fraction of sp³-hybridized carbons (Fsp3) is 0.0952. The van der Waals surface area contributed by atoms with Gasteiger partial charge in [0.1, 0.15) is 15.7 Å². The molecule has 144 valence electrons. The number of fused-ring (bicyclic) bond motifs is 1. The standard InChI is InChI=1S/C21H16N4O3S/c1-12-18(29-21(23-12)13-5-3-2-4-6-13)20(26)24-19-15(10-22-25-19)14-7-8-16-17(9-14)28-11-27-16/h2-10H,11H2,1H3,(H2,22,24,25,26). The van der Waals surface area contributed by atoms with Crippen LogP contribution < -0.4 is 14.8 Å². The van der Waals surface area contributed by atoms with Gasteiger partial charge < -0.3 is 14.8 Å². The van der Waals surface area contributed by atoms with Crippen LogP contribution in [-0.4, -0.2) is 27.9 Å². The van der Waals surface area contributed by atoms with Gasteiger partial charge in [0.15, 0.2) is 11.5 Å². The number of thiazole rings is 1. The fourth-order valence-corrected chi connectivity index (χ4v) is 4.11. The van der Waals surface area contributed by atoms with Crippen molar-refractivity contribution in [3.05, 3.63) is 65.3 Å². The molecule has 7 nitrogen and oxygen atoms in total. The summed E-state index contributed by atoms with van der Waals surface area (Å²) in [6, 6.07) is 15.4. The third kappa shape index (κ3) is 3.23. The van der Waals surface area contributed by atoms with Gasteiger partial charge in [0.05, 0.1) is 11.9 Å². The van der Waals surface area contributed by atoms with E-state index in [2.05, 4.69) is 20.5 Å². The highest BCUT2D eigenvalue weighted by atomic mass is 32.1. The topological polar surface area (TPSA) is 89.1 Å². The average Bonchev–Trinajstić information content (AvgIpc) is 3.47. The van der Waals surface area contributed by atoms with Gasteiger partial charge in [0.2, 0.25) is 6.79 Å². The molecule has 3 heterocycles. The van der Waals surface area contributed by atoms with Crippen molar-refractivity contribution in [2.75, 3.05) is 12.1 Å². The number of hydrogen-bond acceptors (Lipinski definition) is 6. The van der Waals surface area contributed by atoms with Crippen molar-refractivity contribution in [2.45, 2.75) is 6.92 Å². The van der Waals surface area contributed by atoms with E-state index < -0.39 is 0 Å². The summed E-state index contributed by atoms with van der Waals surface area (Å²) in [6.07, 6.45) is 1.67. The van der Waals surface area contributed by atoms with Gasteiger partial charge in [-0.1, -0.05) is 36.4 Å². The Kier molecular flexibility index (Phi) is 4.25. The molecule has 2 N–H and O–H groups in total. The Bertz CT molecular complexity index is 1200. The first-order valence-corrected chi connectivity index (χ1v) is 9.78. The van der Waals surface area contributed by atoms with Gasteiger partial charge in [-0.2, -0.15) is 5.10 Å². The molecule has 1 aliphatic heterocycles. The number of nitrogens with one attached hydrogen (secondary N) is 2. The minimum absolute atomic E-state index is 0.210. The van der Waals surface area contributed by atoms with Crippen LogP contribution in [0.25, 0.3) is 21.7 Å². The second-order valence-electron chi connectivity index (χ2n) is 6.48. The number of aryl methyl sites for hydroxylation is 1. The number of carbonyl (C=O) groups is 1. The molecular weight excluding hydrogens is 388 g/mol. The first-order chi connectivity index (χ1) is 14.2. The van der Waals surface area contributed by atoms with Crippen LogP contribution in [0.4, 0.5) is 5.82 Å². The van der Waals surface area contributed by atoms with E-state index in [9.17, 15) is 4.79 Å². The van der Waals surface area contributed by atoms with Crippen LogP contribution in [0.3, 0.4) is 0 Å². The predicted molar refractivity (Wildman–Crippen MR) is 110 cm³/mol. The molecule has 0 bridgehead atoms. The SMILES string of the molecule is Cc1nc(-c2ccccc2)sc1C(=O)Nc1[nH]ncc1-c1ccc2c(c1)OCO2. The summed E-state index contributed by atoms with van der Waals surface area (Å²) in [6.45, 7) is 2.05. The molecule has 29 heavy (non-hydrogen) atoms. The number of carbonyl (C=O) groups excluding carboxylic acids is 1. The van der Waals surface area contributed by atoms with Crippen LogP contribution in [0.15, 0.2) is 54.7 Å². The molecule has 0 radical (unpaired) electrons. The van der Waals surface area contributed by atoms with Gasteiger partial charge in [0, 0.05) is 11.1 Å². The van der Waals surface area contributed by atoms with Crippen molar-refractivity contribution >= 4 is 23.1 Å². The third-order valence-electron chi connectivity index (χ3n) is 4.59. The lowest BCUT2D eigenvalue weighted by molar-refractivity contribution is 0.102. The summed E-state index contributed by atoms with van der Waals surface area (Å²) in [4.78, 5) is 18.0. The van der Waals surface area contributed by atoms with Crippen molar-refractivity contribution in [3.63, 3.8) is 0 Å². The molecule has 0 spiro atoms. The minimum Gasteiger partial charge on any atom is -0.454 e. The Balaban J connectivity index is 1.42. The van der Waals surface area contributed by atoms with E-state index in [1.54, 1.807) is 6.20 Å². The van der Waals surface area contributed by atoms with Crippen LogP contribution >= 0.6 is 11.3 Å². The molecular formula is C21H16N4O3S. The zero-order chi connectivity index (χ0) is 19.8. The monoisotopic (exact) mass is 404 g/mol. The smallest absolute Gasteiger partial charge is 0.268 e. The Hall–Kier alpha value is -3.65. The number of rotatable bonds is 4. The van der Waals surface area contributed by atoms with Gasteiger partial charge >= 0.3 is 0 Å². The van der Waals surface area contributed by atoms with Crippen LogP contribution in [0, 0.1) is 6.92 Å². The molecule has 0 saturated carbocycles. The van der Waals surface area contributed by atoms with Crippen molar-refractivity contribution in [1.82, 2.24) is 15.2 Å². The number of hydrogen-bond donors (Lipinski definition) is 2. The summed E-state index contributed by atoms with van der Waals surface area (Å²) in [5, 5.41) is 10.7. The highest BCUT2D eigenvalue weighted by molar-refractivity contribution is 7.17. The zero-order valence-corrected chi connectivity index (χ0v) is 16.2. The maximum absolute atomic E-state index is 12.9. The van der Waals surface area contributed by atoms with Gasteiger partial charge in [-0.25, -0.2) is 4.98 Å². The molecule has 1 amide bonds. The Morgan fingerprint density at radius 3 is 2.79 bits per heavy atom. The lowest BCUT2D eigenvalue weighted by Crippen LogP contribution is -2.12. The summed E-state index contributed by atoms with van der Waals surface area (Å²) in [7, 11) is 0. The number of aromatic amines is 1. The van der Waals surface area contributed by atoms with E-state index in [-0.39, 0.29) is 12.7 Å². The summed E-state index contributed by atoms with van der Waals surface area (Å²) >= 11 is 1.37. The molecule has 4 aromatic rings. The van der Waals surface area contributed by atoms with Crippen molar-refractivity contribution in [2.24, 2.45) is 0 Å². The lowest BCUT2D eigenvalue weighted by atomic mass is 10.1. The number of H-pyrrole nitrogens is 1.